The summed E-state index contributed by atoms with van der Waals surface area (Å²) in [6.07, 6.45) is 1.46. The number of nitrogens with one attached hydrogen (secondary N) is 2. The summed E-state index contributed by atoms with van der Waals surface area (Å²) in [5.74, 6) is -0.204. The van der Waals surface area contributed by atoms with Gasteiger partial charge in [0, 0.05) is 12.1 Å². The van der Waals surface area contributed by atoms with Gasteiger partial charge in [0.1, 0.15) is 11.6 Å². The van der Waals surface area contributed by atoms with Crippen molar-refractivity contribution in [2.75, 3.05) is 0 Å². The minimum absolute atomic E-state index is 0.0369. The van der Waals surface area contributed by atoms with Crippen LogP contribution < -0.4 is 10.0 Å². The lowest BCUT2D eigenvalue weighted by molar-refractivity contribution is 0.0951. The number of hydrogen-bond donors (Lipinski definition) is 2. The van der Waals surface area contributed by atoms with Gasteiger partial charge < -0.3 is 9.73 Å². The van der Waals surface area contributed by atoms with Crippen LogP contribution in [0.25, 0.3) is 0 Å². The molecule has 0 aliphatic heterocycles. The molecule has 0 saturated heterocycles. The van der Waals surface area contributed by atoms with Crippen molar-refractivity contribution in [3.63, 3.8) is 0 Å². The van der Waals surface area contributed by atoms with Crippen LogP contribution in [0, 0.1) is 5.82 Å². The molecule has 1 amide bonds. The Morgan fingerprint density at radius 3 is 2.30 bits per heavy atom. The van der Waals surface area contributed by atoms with Crippen molar-refractivity contribution in [1.82, 2.24) is 10.0 Å². The number of hydrogen-bond acceptors (Lipinski definition) is 4. The van der Waals surface area contributed by atoms with Gasteiger partial charge in [-0.15, -0.1) is 0 Å². The van der Waals surface area contributed by atoms with Gasteiger partial charge in [-0.3, -0.25) is 4.79 Å². The first-order valence-electron chi connectivity index (χ1n) is 8.09. The van der Waals surface area contributed by atoms with Crippen LogP contribution in [0.4, 0.5) is 4.39 Å². The van der Waals surface area contributed by atoms with E-state index < -0.39 is 10.0 Å². The maximum absolute atomic E-state index is 12.9. The van der Waals surface area contributed by atoms with Crippen LogP contribution in [0.1, 0.15) is 21.7 Å². The molecule has 0 atom stereocenters. The molecular weight excluding hydrogens is 371 g/mol. The number of amides is 1. The second kappa shape index (κ2) is 8.15. The Balaban J connectivity index is 1.60. The molecule has 1 aromatic heterocycles. The van der Waals surface area contributed by atoms with Gasteiger partial charge in [0.25, 0.3) is 5.91 Å². The van der Waals surface area contributed by atoms with Crippen LogP contribution in [-0.2, 0) is 23.1 Å². The number of benzene rings is 2. The summed E-state index contributed by atoms with van der Waals surface area (Å²) in [6.45, 7) is 0.277. The van der Waals surface area contributed by atoms with E-state index in [1.54, 1.807) is 24.3 Å². The molecule has 3 aromatic rings. The van der Waals surface area contributed by atoms with Crippen molar-refractivity contribution < 1.29 is 22.0 Å². The Hall–Kier alpha value is -2.97. The number of carbonyl (C=O) groups excluding carboxylic acids is 1. The summed E-state index contributed by atoms with van der Waals surface area (Å²) in [6, 6.07) is 14.7. The molecule has 0 bridgehead atoms. The van der Waals surface area contributed by atoms with E-state index in [4.69, 9.17) is 4.42 Å². The molecule has 0 fully saturated rings. The molecule has 1 heterocycles. The summed E-state index contributed by atoms with van der Waals surface area (Å²) in [4.78, 5) is 12.2. The van der Waals surface area contributed by atoms with E-state index in [0.29, 0.717) is 11.3 Å². The van der Waals surface area contributed by atoms with E-state index in [1.165, 1.54) is 42.7 Å². The quantitative estimate of drug-likeness (QED) is 0.651. The van der Waals surface area contributed by atoms with Crippen molar-refractivity contribution in [2.24, 2.45) is 0 Å². The largest absolute Gasteiger partial charge is 0.468 e. The lowest BCUT2D eigenvalue weighted by Gasteiger charge is -2.08. The normalized spacial score (nSPS) is 11.3. The molecule has 0 radical (unpaired) electrons. The third kappa shape index (κ3) is 5.02. The molecular formula is C19H17FN2O4S. The lowest BCUT2D eigenvalue weighted by atomic mass is 10.2. The molecule has 140 valence electrons. The molecule has 0 spiro atoms. The Labute approximate surface area is 156 Å². The van der Waals surface area contributed by atoms with Gasteiger partial charge in [-0.1, -0.05) is 12.1 Å². The third-order valence-electron chi connectivity index (χ3n) is 3.81. The van der Waals surface area contributed by atoms with Crippen LogP contribution >= 0.6 is 0 Å². The van der Waals surface area contributed by atoms with Gasteiger partial charge in [0.2, 0.25) is 10.0 Å². The van der Waals surface area contributed by atoms with Gasteiger partial charge in [0.05, 0.1) is 17.7 Å². The molecule has 8 heteroatoms. The fourth-order valence-electron chi connectivity index (χ4n) is 2.33. The predicted molar refractivity (Wildman–Crippen MR) is 96.7 cm³/mol. The molecule has 0 aliphatic carbocycles. The smallest absolute Gasteiger partial charge is 0.251 e. The van der Waals surface area contributed by atoms with Crippen molar-refractivity contribution in [3.8, 4) is 0 Å². The minimum Gasteiger partial charge on any atom is -0.468 e. The second-order valence-corrected chi connectivity index (χ2v) is 7.50. The van der Waals surface area contributed by atoms with Gasteiger partial charge in [-0.05, 0) is 54.1 Å². The van der Waals surface area contributed by atoms with Crippen LogP contribution in [-0.4, -0.2) is 14.3 Å². The van der Waals surface area contributed by atoms with Crippen LogP contribution in [0.2, 0.25) is 0 Å². The number of rotatable bonds is 7. The van der Waals surface area contributed by atoms with Gasteiger partial charge in [-0.2, -0.15) is 0 Å². The van der Waals surface area contributed by atoms with E-state index >= 15 is 0 Å². The topological polar surface area (TPSA) is 88.4 Å². The zero-order chi connectivity index (χ0) is 19.3. The highest BCUT2D eigenvalue weighted by Crippen LogP contribution is 2.12. The number of halogens is 1. The van der Waals surface area contributed by atoms with Crippen LogP contribution in [0.5, 0.6) is 0 Å². The van der Waals surface area contributed by atoms with E-state index in [1.807, 2.05) is 0 Å². The Morgan fingerprint density at radius 1 is 0.963 bits per heavy atom. The minimum atomic E-state index is -3.72. The molecule has 2 aromatic carbocycles. The van der Waals surface area contributed by atoms with Gasteiger partial charge >= 0.3 is 0 Å². The first kappa shape index (κ1) is 18.8. The zero-order valence-corrected chi connectivity index (χ0v) is 15.0. The summed E-state index contributed by atoms with van der Waals surface area (Å²) < 4.78 is 44.9. The predicted octanol–water partition coefficient (Wildman–Crippen LogP) is 2.83. The highest BCUT2D eigenvalue weighted by molar-refractivity contribution is 7.89. The van der Waals surface area contributed by atoms with E-state index in [-0.39, 0.29) is 29.7 Å². The second-order valence-electron chi connectivity index (χ2n) is 5.74. The summed E-state index contributed by atoms with van der Waals surface area (Å²) in [5, 5.41) is 2.70. The molecule has 0 saturated carbocycles. The van der Waals surface area contributed by atoms with Crippen molar-refractivity contribution in [2.45, 2.75) is 18.0 Å². The molecule has 0 unspecified atom stereocenters. The molecule has 3 rings (SSSR count). The van der Waals surface area contributed by atoms with E-state index in [2.05, 4.69) is 10.0 Å². The first-order valence-corrected chi connectivity index (χ1v) is 9.57. The molecule has 27 heavy (non-hydrogen) atoms. The lowest BCUT2D eigenvalue weighted by Crippen LogP contribution is -2.24. The fourth-order valence-corrected chi connectivity index (χ4v) is 3.33. The van der Waals surface area contributed by atoms with Crippen molar-refractivity contribution >= 4 is 15.9 Å². The highest BCUT2D eigenvalue weighted by Gasteiger charge is 2.15. The van der Waals surface area contributed by atoms with Gasteiger partial charge in [0.15, 0.2) is 0 Å². The average molecular weight is 388 g/mol. The number of furan rings is 1. The Morgan fingerprint density at radius 2 is 1.67 bits per heavy atom. The van der Waals surface area contributed by atoms with Crippen LogP contribution in [0.3, 0.4) is 0 Å². The zero-order valence-electron chi connectivity index (χ0n) is 14.2. The van der Waals surface area contributed by atoms with E-state index in [9.17, 15) is 17.6 Å². The summed E-state index contributed by atoms with van der Waals surface area (Å²) >= 11 is 0. The van der Waals surface area contributed by atoms with E-state index in [0.717, 1.165) is 5.56 Å². The third-order valence-corrected chi connectivity index (χ3v) is 5.23. The maximum atomic E-state index is 12.9. The standard InChI is InChI=1S/C19H17FN2O4S/c20-16-7-3-14(4-8-16)12-21-19(23)15-5-9-18(10-6-15)27(24,25)22-13-17-2-1-11-26-17/h1-11,22H,12-13H2,(H,21,23). The monoisotopic (exact) mass is 388 g/mol. The summed E-state index contributed by atoms with van der Waals surface area (Å²) in [7, 11) is -3.72. The first-order chi connectivity index (χ1) is 12.9. The van der Waals surface area contributed by atoms with Crippen molar-refractivity contribution in [1.29, 1.82) is 0 Å². The molecule has 2 N–H and O–H groups in total. The molecule has 0 aliphatic rings. The number of sulfonamides is 1. The molecule has 6 nitrogen and oxygen atoms in total. The van der Waals surface area contributed by atoms with Crippen molar-refractivity contribution in [3.05, 3.63) is 89.6 Å². The summed E-state index contributed by atoms with van der Waals surface area (Å²) in [5.41, 5.74) is 1.08. The Kier molecular flexibility index (Phi) is 5.68. The average Bonchev–Trinajstić information content (AvgIpc) is 3.20. The Bertz CT molecular complexity index is 999. The maximum Gasteiger partial charge on any atom is 0.251 e. The van der Waals surface area contributed by atoms with Crippen LogP contribution in [0.15, 0.2) is 76.2 Å². The highest BCUT2D eigenvalue weighted by atomic mass is 32.2. The SMILES string of the molecule is O=C(NCc1ccc(F)cc1)c1ccc(S(=O)(=O)NCc2ccco2)cc1. The van der Waals surface area contributed by atoms with Gasteiger partial charge in [-0.25, -0.2) is 17.5 Å². The fraction of sp³-hybridized carbons (Fsp3) is 0.105. The number of carbonyl (C=O) groups is 1.